The van der Waals surface area contributed by atoms with Crippen LogP contribution in [-0.4, -0.2) is 28.6 Å². The van der Waals surface area contributed by atoms with Crippen molar-refractivity contribution in [2.24, 2.45) is 0 Å². The van der Waals surface area contributed by atoms with Gasteiger partial charge in [-0.1, -0.05) is 0 Å². The summed E-state index contributed by atoms with van der Waals surface area (Å²) < 4.78 is 5.40. The maximum Gasteiger partial charge on any atom is 0.303 e. The van der Waals surface area contributed by atoms with Crippen LogP contribution in [0.4, 0.5) is 0 Å². The number of aliphatic carboxylic acids is 1. The van der Waals surface area contributed by atoms with E-state index in [0.717, 1.165) is 18.4 Å². The fourth-order valence-electron chi connectivity index (χ4n) is 2.24. The summed E-state index contributed by atoms with van der Waals surface area (Å²) in [6, 6.07) is 3.18. The van der Waals surface area contributed by atoms with Crippen molar-refractivity contribution < 1.29 is 24.5 Å². The Kier molecular flexibility index (Phi) is 4.04. The monoisotopic (exact) mass is 264 g/mol. The van der Waals surface area contributed by atoms with Crippen molar-refractivity contribution in [2.45, 2.75) is 32.1 Å². The SMILES string of the molecule is O=C(O)CCCOc1cc(O)c2c(c1)CCCC2=O. The molecule has 0 saturated carbocycles. The van der Waals surface area contributed by atoms with Gasteiger partial charge in [-0.05, 0) is 30.9 Å². The molecular weight excluding hydrogens is 248 g/mol. The van der Waals surface area contributed by atoms with Crippen molar-refractivity contribution in [3.63, 3.8) is 0 Å². The second-order valence-corrected chi connectivity index (χ2v) is 4.60. The minimum Gasteiger partial charge on any atom is -0.507 e. The van der Waals surface area contributed by atoms with Crippen molar-refractivity contribution in [2.75, 3.05) is 6.61 Å². The molecule has 1 aliphatic rings. The van der Waals surface area contributed by atoms with E-state index in [0.29, 0.717) is 24.2 Å². The lowest BCUT2D eigenvalue weighted by Gasteiger charge is -2.17. The zero-order valence-electron chi connectivity index (χ0n) is 10.5. The summed E-state index contributed by atoms with van der Waals surface area (Å²) in [6.07, 6.45) is 2.47. The maximum absolute atomic E-state index is 11.7. The molecule has 0 atom stereocenters. The van der Waals surface area contributed by atoms with Gasteiger partial charge in [-0.3, -0.25) is 9.59 Å². The quantitative estimate of drug-likeness (QED) is 0.796. The molecule has 0 unspecified atom stereocenters. The third-order valence-electron chi connectivity index (χ3n) is 3.11. The molecule has 1 aromatic rings. The Morgan fingerprint density at radius 1 is 1.32 bits per heavy atom. The van der Waals surface area contributed by atoms with Gasteiger partial charge in [0.1, 0.15) is 11.5 Å². The first-order chi connectivity index (χ1) is 9.08. The molecule has 5 heteroatoms. The van der Waals surface area contributed by atoms with Gasteiger partial charge in [-0.25, -0.2) is 0 Å². The highest BCUT2D eigenvalue weighted by Gasteiger charge is 2.21. The summed E-state index contributed by atoms with van der Waals surface area (Å²) >= 11 is 0. The molecular formula is C14H16O5. The second kappa shape index (κ2) is 5.73. The number of phenols is 1. The number of hydrogen-bond donors (Lipinski definition) is 2. The van der Waals surface area contributed by atoms with E-state index in [4.69, 9.17) is 9.84 Å². The van der Waals surface area contributed by atoms with Gasteiger partial charge in [0.2, 0.25) is 0 Å². The molecule has 1 aliphatic carbocycles. The number of carboxylic acids is 1. The van der Waals surface area contributed by atoms with Crippen molar-refractivity contribution in [1.29, 1.82) is 0 Å². The lowest BCUT2D eigenvalue weighted by atomic mass is 9.90. The number of aryl methyl sites for hydroxylation is 1. The van der Waals surface area contributed by atoms with Gasteiger partial charge >= 0.3 is 5.97 Å². The van der Waals surface area contributed by atoms with Crippen LogP contribution in [0.5, 0.6) is 11.5 Å². The van der Waals surface area contributed by atoms with Crippen LogP contribution >= 0.6 is 0 Å². The number of ether oxygens (including phenoxy) is 1. The molecule has 102 valence electrons. The predicted molar refractivity (Wildman–Crippen MR) is 67.7 cm³/mol. The molecule has 0 heterocycles. The Hall–Kier alpha value is -2.04. The number of benzene rings is 1. The number of hydrogen-bond acceptors (Lipinski definition) is 4. The first-order valence-electron chi connectivity index (χ1n) is 6.31. The first kappa shape index (κ1) is 13.4. The lowest BCUT2D eigenvalue weighted by Crippen LogP contribution is -2.11. The first-order valence-corrected chi connectivity index (χ1v) is 6.31. The molecule has 0 spiro atoms. The number of carbonyl (C=O) groups is 2. The zero-order chi connectivity index (χ0) is 13.8. The minimum absolute atomic E-state index is 0.0313. The average Bonchev–Trinajstić information content (AvgIpc) is 2.34. The molecule has 1 aromatic carbocycles. The van der Waals surface area contributed by atoms with Crippen LogP contribution in [0.3, 0.4) is 0 Å². The maximum atomic E-state index is 11.7. The topological polar surface area (TPSA) is 83.8 Å². The standard InChI is InChI=1S/C14H16O5/c15-11-4-1-3-9-7-10(8-12(16)14(9)11)19-6-2-5-13(17)18/h7-8,16H,1-6H2,(H,17,18). The number of carbonyl (C=O) groups excluding carboxylic acids is 1. The highest BCUT2D eigenvalue weighted by atomic mass is 16.5. The highest BCUT2D eigenvalue weighted by molar-refractivity contribution is 6.01. The third kappa shape index (κ3) is 3.24. The molecule has 0 fully saturated rings. The Morgan fingerprint density at radius 2 is 2.11 bits per heavy atom. The van der Waals surface area contributed by atoms with E-state index in [1.807, 2.05) is 0 Å². The summed E-state index contributed by atoms with van der Waals surface area (Å²) in [7, 11) is 0. The van der Waals surface area contributed by atoms with Crippen LogP contribution in [0.25, 0.3) is 0 Å². The van der Waals surface area contributed by atoms with Crippen molar-refractivity contribution in [3.8, 4) is 11.5 Å². The minimum atomic E-state index is -0.859. The van der Waals surface area contributed by atoms with E-state index >= 15 is 0 Å². The Bertz CT molecular complexity index is 507. The van der Waals surface area contributed by atoms with Crippen LogP contribution in [0.15, 0.2) is 12.1 Å². The number of phenolic OH excluding ortho intramolecular Hbond substituents is 1. The molecule has 19 heavy (non-hydrogen) atoms. The largest absolute Gasteiger partial charge is 0.507 e. The predicted octanol–water partition coefficient (Wildman–Crippen LogP) is 2.15. The fourth-order valence-corrected chi connectivity index (χ4v) is 2.24. The summed E-state index contributed by atoms with van der Waals surface area (Å²) in [5.41, 5.74) is 1.22. The molecule has 0 aromatic heterocycles. The third-order valence-corrected chi connectivity index (χ3v) is 3.11. The Morgan fingerprint density at radius 3 is 2.84 bits per heavy atom. The van der Waals surface area contributed by atoms with Gasteiger partial charge in [-0.15, -0.1) is 0 Å². The van der Waals surface area contributed by atoms with Gasteiger partial charge in [0.05, 0.1) is 12.2 Å². The van der Waals surface area contributed by atoms with Gasteiger partial charge in [0.25, 0.3) is 0 Å². The molecule has 2 N–H and O–H groups in total. The van der Waals surface area contributed by atoms with Gasteiger partial charge in [-0.2, -0.15) is 0 Å². The second-order valence-electron chi connectivity index (χ2n) is 4.60. The number of fused-ring (bicyclic) bond motifs is 1. The van der Waals surface area contributed by atoms with Crippen LogP contribution in [0.1, 0.15) is 41.6 Å². The van der Waals surface area contributed by atoms with Gasteiger partial charge in [0.15, 0.2) is 5.78 Å². The number of rotatable bonds is 5. The van der Waals surface area contributed by atoms with E-state index in [9.17, 15) is 14.7 Å². The van der Waals surface area contributed by atoms with Crippen molar-refractivity contribution in [3.05, 3.63) is 23.3 Å². The number of carboxylic acid groups (broad SMARTS) is 1. The molecule has 5 nitrogen and oxygen atoms in total. The summed E-state index contributed by atoms with van der Waals surface area (Å²) in [6.45, 7) is 0.276. The zero-order valence-corrected chi connectivity index (χ0v) is 10.5. The smallest absolute Gasteiger partial charge is 0.303 e. The molecule has 2 rings (SSSR count). The summed E-state index contributed by atoms with van der Waals surface area (Å²) in [5, 5.41) is 18.4. The number of aromatic hydroxyl groups is 1. The van der Waals surface area contributed by atoms with E-state index in [-0.39, 0.29) is 24.6 Å². The Balaban J connectivity index is 2.05. The number of Topliss-reactive ketones (excluding diaryl/α,β-unsaturated/α-hetero) is 1. The molecule has 0 radical (unpaired) electrons. The van der Waals surface area contributed by atoms with Gasteiger partial charge in [0, 0.05) is 18.9 Å². The van der Waals surface area contributed by atoms with Gasteiger partial charge < -0.3 is 14.9 Å². The van der Waals surface area contributed by atoms with Crippen LogP contribution in [-0.2, 0) is 11.2 Å². The van der Waals surface area contributed by atoms with Crippen LogP contribution in [0.2, 0.25) is 0 Å². The summed E-state index contributed by atoms with van der Waals surface area (Å²) in [5.74, 6) is -0.453. The normalized spacial score (nSPS) is 14.0. The van der Waals surface area contributed by atoms with Crippen LogP contribution in [0, 0.1) is 0 Å². The van der Waals surface area contributed by atoms with E-state index in [2.05, 4.69) is 0 Å². The molecule has 0 bridgehead atoms. The summed E-state index contributed by atoms with van der Waals surface area (Å²) in [4.78, 5) is 22.0. The fraction of sp³-hybridized carbons (Fsp3) is 0.429. The molecule has 0 amide bonds. The van der Waals surface area contributed by atoms with Crippen molar-refractivity contribution in [1.82, 2.24) is 0 Å². The Labute approximate surface area is 110 Å². The molecule has 0 saturated heterocycles. The van der Waals surface area contributed by atoms with E-state index in [1.165, 1.54) is 6.07 Å². The van der Waals surface area contributed by atoms with E-state index < -0.39 is 5.97 Å². The lowest BCUT2D eigenvalue weighted by molar-refractivity contribution is -0.137. The number of ketones is 1. The average molecular weight is 264 g/mol. The van der Waals surface area contributed by atoms with Crippen LogP contribution < -0.4 is 4.74 Å². The van der Waals surface area contributed by atoms with Crippen molar-refractivity contribution >= 4 is 11.8 Å². The molecule has 0 aliphatic heterocycles. The highest BCUT2D eigenvalue weighted by Crippen LogP contribution is 2.33. The van der Waals surface area contributed by atoms with E-state index in [1.54, 1.807) is 6.07 Å².